The number of hydrogen-bond donors (Lipinski definition) is 2. The van der Waals surface area contributed by atoms with Crippen LogP contribution in [-0.2, 0) is 15.8 Å². The second-order valence-electron chi connectivity index (χ2n) is 11.0. The number of nitriles is 1. The Labute approximate surface area is 248 Å². The van der Waals surface area contributed by atoms with Gasteiger partial charge >= 0.3 is 12.2 Å². The third kappa shape index (κ3) is 6.00. The van der Waals surface area contributed by atoms with Crippen LogP contribution in [0.25, 0.3) is 0 Å². The maximum Gasteiger partial charge on any atom is 0.416 e. The van der Waals surface area contributed by atoms with Gasteiger partial charge in [-0.3, -0.25) is 23.6 Å². The monoisotopic (exact) mass is 616 g/mol. The van der Waals surface area contributed by atoms with Crippen LogP contribution in [0.1, 0.15) is 61.3 Å². The van der Waals surface area contributed by atoms with E-state index in [0.29, 0.717) is 19.5 Å². The van der Waals surface area contributed by atoms with Crippen LogP contribution in [0.2, 0.25) is 0 Å². The van der Waals surface area contributed by atoms with Gasteiger partial charge in [0, 0.05) is 42.6 Å². The van der Waals surface area contributed by atoms with Crippen molar-refractivity contribution >= 4 is 34.0 Å². The highest BCUT2D eigenvalue weighted by molar-refractivity contribution is 8.23. The quantitative estimate of drug-likeness (QED) is 0.405. The van der Waals surface area contributed by atoms with Gasteiger partial charge in [0.2, 0.25) is 5.91 Å². The number of allylic oxidation sites excluding steroid dienone is 1. The second kappa shape index (κ2) is 11.7. The average Bonchev–Trinajstić information content (AvgIpc) is 2.97. The number of benzene rings is 2. The number of ketones is 1. The lowest BCUT2D eigenvalue weighted by Gasteiger charge is -2.46. The molecule has 2 aliphatic heterocycles. The van der Waals surface area contributed by atoms with Crippen molar-refractivity contribution in [3.63, 3.8) is 0 Å². The summed E-state index contributed by atoms with van der Waals surface area (Å²) in [5, 5.41) is 9.49. The molecule has 2 aromatic carbocycles. The fourth-order valence-electron chi connectivity index (χ4n) is 6.02. The number of anilines is 1. The molecule has 0 saturated carbocycles. The summed E-state index contributed by atoms with van der Waals surface area (Å²) < 4.78 is 62.6. The summed E-state index contributed by atoms with van der Waals surface area (Å²) in [6.45, 7) is 0.464. The first-order chi connectivity index (χ1) is 20.3. The van der Waals surface area contributed by atoms with Gasteiger partial charge in [0.15, 0.2) is 5.78 Å². The van der Waals surface area contributed by atoms with Crippen molar-refractivity contribution in [2.75, 3.05) is 30.8 Å². The fraction of sp³-hybridized carbons (Fsp3) is 0.400. The molecule has 1 unspecified atom stereocenters. The number of halogens is 3. The minimum atomic E-state index is -4.69. The predicted octanol–water partition coefficient (Wildman–Crippen LogP) is 6.32. The molecule has 228 valence electrons. The minimum Gasteiger partial charge on any atom is -0.341 e. The Kier molecular flexibility index (Phi) is 8.30. The summed E-state index contributed by atoms with van der Waals surface area (Å²) in [5.41, 5.74) is -0.495. The van der Waals surface area contributed by atoms with Crippen molar-refractivity contribution < 1.29 is 36.7 Å². The van der Waals surface area contributed by atoms with Crippen molar-refractivity contribution in [1.29, 1.82) is 5.26 Å². The van der Waals surface area contributed by atoms with E-state index in [-0.39, 0.29) is 51.6 Å². The van der Waals surface area contributed by atoms with Crippen LogP contribution in [0.3, 0.4) is 0 Å². The number of Topliss-reactive ketones (excluding diaryl/α,β-unsaturated/α-hetero) is 1. The molecule has 0 bridgehead atoms. The molecule has 9 nitrogen and oxygen atoms in total. The van der Waals surface area contributed by atoms with Gasteiger partial charge < -0.3 is 9.80 Å². The van der Waals surface area contributed by atoms with E-state index in [9.17, 15) is 41.9 Å². The van der Waals surface area contributed by atoms with E-state index in [2.05, 4.69) is 0 Å². The number of hydrogen-bond acceptors (Lipinski definition) is 6. The normalized spacial score (nSPS) is 20.2. The van der Waals surface area contributed by atoms with E-state index < -0.39 is 46.9 Å². The summed E-state index contributed by atoms with van der Waals surface area (Å²) in [5.74, 6) is -0.762. The molecule has 1 saturated heterocycles. The largest absolute Gasteiger partial charge is 0.416 e. The van der Waals surface area contributed by atoms with Crippen molar-refractivity contribution in [2.45, 2.75) is 55.6 Å². The number of carbonyl (C=O) groups excluding carboxylic acids is 3. The van der Waals surface area contributed by atoms with Crippen molar-refractivity contribution in [2.24, 2.45) is 0 Å². The van der Waals surface area contributed by atoms with Crippen molar-refractivity contribution in [1.82, 2.24) is 9.80 Å². The van der Waals surface area contributed by atoms with Crippen LogP contribution in [0.4, 0.5) is 23.7 Å². The summed E-state index contributed by atoms with van der Waals surface area (Å²) in [6, 6.07) is 8.28. The number of rotatable bonds is 5. The lowest BCUT2D eigenvalue weighted by Crippen LogP contribution is -2.55. The summed E-state index contributed by atoms with van der Waals surface area (Å²) in [6.07, 6.45) is -0.368. The lowest BCUT2D eigenvalue weighted by atomic mass is 9.83. The Morgan fingerprint density at radius 2 is 1.77 bits per heavy atom. The zero-order valence-corrected chi connectivity index (χ0v) is 24.2. The molecule has 1 atom stereocenters. The molecule has 13 heteroatoms. The number of piperidine rings is 1. The van der Waals surface area contributed by atoms with Gasteiger partial charge in [-0.05, 0) is 62.4 Å². The first-order valence-corrected chi connectivity index (χ1v) is 15.9. The SMILES string of the molecule is CS(O)(O)c1cc(C#N)ccc1C1C2=C(CCCC2=O)N(c2cccc(C(F)(F)F)c2)C(=O)N1CC(=O)N1CCCCC1. The molecule has 1 fully saturated rings. The molecule has 5 rings (SSSR count). The molecule has 2 heterocycles. The van der Waals surface area contributed by atoms with Gasteiger partial charge in [-0.2, -0.15) is 29.0 Å². The van der Waals surface area contributed by atoms with Crippen LogP contribution in [-0.4, -0.2) is 62.5 Å². The van der Waals surface area contributed by atoms with Gasteiger partial charge in [-0.25, -0.2) is 4.79 Å². The number of carbonyl (C=O) groups is 3. The molecule has 0 aromatic heterocycles. The Balaban J connectivity index is 1.74. The van der Waals surface area contributed by atoms with E-state index in [1.807, 2.05) is 6.07 Å². The van der Waals surface area contributed by atoms with Gasteiger partial charge in [0.25, 0.3) is 0 Å². The molecule has 43 heavy (non-hydrogen) atoms. The first kappa shape index (κ1) is 30.6. The molecular formula is C30H31F3N4O5S. The van der Waals surface area contributed by atoms with Crippen LogP contribution >= 0.6 is 10.6 Å². The average molecular weight is 617 g/mol. The maximum atomic E-state index is 14.4. The van der Waals surface area contributed by atoms with E-state index in [0.717, 1.165) is 47.5 Å². The smallest absolute Gasteiger partial charge is 0.341 e. The van der Waals surface area contributed by atoms with Gasteiger partial charge in [0.1, 0.15) is 6.54 Å². The van der Waals surface area contributed by atoms with Gasteiger partial charge in [-0.15, -0.1) is 0 Å². The van der Waals surface area contributed by atoms with E-state index in [4.69, 9.17) is 0 Å². The highest BCUT2D eigenvalue weighted by Gasteiger charge is 2.47. The van der Waals surface area contributed by atoms with Crippen LogP contribution in [0.5, 0.6) is 0 Å². The molecule has 0 spiro atoms. The molecule has 3 aliphatic rings. The summed E-state index contributed by atoms with van der Waals surface area (Å²) in [7, 11) is -3.51. The zero-order valence-electron chi connectivity index (χ0n) is 23.4. The molecule has 0 radical (unpaired) electrons. The Morgan fingerprint density at radius 3 is 2.42 bits per heavy atom. The van der Waals surface area contributed by atoms with Gasteiger partial charge in [-0.1, -0.05) is 12.1 Å². The molecule has 2 aromatic rings. The predicted molar refractivity (Wildman–Crippen MR) is 153 cm³/mol. The highest BCUT2D eigenvalue weighted by atomic mass is 32.3. The second-order valence-corrected chi connectivity index (χ2v) is 13.1. The number of likely N-dealkylation sites (tertiary alicyclic amines) is 1. The summed E-state index contributed by atoms with van der Waals surface area (Å²) >= 11 is 0. The number of nitrogens with zero attached hydrogens (tertiary/aromatic N) is 4. The maximum absolute atomic E-state index is 14.4. The molecular weight excluding hydrogens is 585 g/mol. The highest BCUT2D eigenvalue weighted by Crippen LogP contribution is 2.52. The zero-order chi connectivity index (χ0) is 31.1. The van der Waals surface area contributed by atoms with Gasteiger partial charge in [0.05, 0.1) is 33.8 Å². The van der Waals surface area contributed by atoms with Crippen LogP contribution in [0.15, 0.2) is 58.6 Å². The lowest BCUT2D eigenvalue weighted by molar-refractivity contribution is -0.137. The van der Waals surface area contributed by atoms with Crippen molar-refractivity contribution in [3.8, 4) is 6.07 Å². The number of urea groups is 1. The van der Waals surface area contributed by atoms with Crippen molar-refractivity contribution in [3.05, 3.63) is 70.4 Å². The molecule has 2 N–H and O–H groups in total. The Bertz CT molecular complexity index is 1540. The van der Waals surface area contributed by atoms with Crippen LogP contribution in [0, 0.1) is 11.3 Å². The third-order valence-corrected chi connectivity index (χ3v) is 9.21. The van der Waals surface area contributed by atoms with E-state index in [1.165, 1.54) is 30.3 Å². The van der Waals surface area contributed by atoms with E-state index in [1.54, 1.807) is 4.90 Å². The first-order valence-electron chi connectivity index (χ1n) is 13.9. The Morgan fingerprint density at radius 1 is 1.05 bits per heavy atom. The molecule has 3 amide bonds. The standard InChI is InChI=1S/C30H31F3N4O5S/c1-43(41,42)25-15-19(17-34)11-12-22(25)28-27-23(9-6-10-24(27)38)37(21-8-5-7-20(16-21)30(31,32)33)29(40)36(28)18-26(39)35-13-3-2-4-14-35/h5,7-8,11-12,15-16,28,41-42H,2-4,6,9-10,13-14,18H2,1H3. The fourth-order valence-corrected chi connectivity index (χ4v) is 7.00. The minimum absolute atomic E-state index is 0.0579. The Hall–Kier alpha value is -3.86. The topological polar surface area (TPSA) is 125 Å². The van der Waals surface area contributed by atoms with E-state index >= 15 is 0 Å². The number of alkyl halides is 3. The molecule has 1 aliphatic carbocycles. The third-order valence-electron chi connectivity index (χ3n) is 8.02. The number of amides is 3. The van der Waals surface area contributed by atoms with Crippen LogP contribution < -0.4 is 4.90 Å². The summed E-state index contributed by atoms with van der Waals surface area (Å²) in [4.78, 5) is 45.4.